The van der Waals surface area contributed by atoms with E-state index in [9.17, 15) is 4.79 Å². The minimum atomic E-state index is -0.454. The first-order chi connectivity index (χ1) is 7.00. The van der Waals surface area contributed by atoms with Crippen molar-refractivity contribution in [3.8, 4) is 0 Å². The highest BCUT2D eigenvalue weighted by Gasteiger charge is 2.10. The summed E-state index contributed by atoms with van der Waals surface area (Å²) in [6.45, 7) is 0. The van der Waals surface area contributed by atoms with E-state index in [1.165, 1.54) is 12.1 Å². The van der Waals surface area contributed by atoms with Crippen molar-refractivity contribution in [2.24, 2.45) is 11.5 Å². The number of hydrogen-bond acceptors (Lipinski definition) is 1. The molecule has 1 rings (SSSR count). The third kappa shape index (κ3) is 3.30. The first kappa shape index (κ1) is 11.6. The molecule has 0 saturated heterocycles. The van der Waals surface area contributed by atoms with Gasteiger partial charge in [0.25, 0.3) is 5.91 Å². The number of halogens is 2. The second-order valence-corrected chi connectivity index (χ2v) is 3.50. The van der Waals surface area contributed by atoms with E-state index in [4.69, 9.17) is 34.7 Å². The molecule has 0 aromatic heterocycles. The second-order valence-electron chi connectivity index (χ2n) is 2.66. The Morgan fingerprint density at radius 1 is 1.33 bits per heavy atom. The Labute approximate surface area is 96.0 Å². The Hall–Kier alpha value is -1.46. The van der Waals surface area contributed by atoms with Gasteiger partial charge in [0.1, 0.15) is 0 Å². The molecule has 0 heterocycles. The number of hydrogen-bond donors (Lipinski definition) is 4. The normalized spacial score (nSPS) is 9.47. The number of nitrogens with two attached hydrogens (primary N) is 2. The monoisotopic (exact) mass is 247 g/mol. The lowest BCUT2D eigenvalue weighted by molar-refractivity contribution is -0.510. The summed E-state index contributed by atoms with van der Waals surface area (Å²) in [5, 5.41) is 2.97. The molecule has 7 heteroatoms. The zero-order valence-electron chi connectivity index (χ0n) is 7.55. The Morgan fingerprint density at radius 3 is 2.53 bits per heavy atom. The van der Waals surface area contributed by atoms with Crippen LogP contribution in [0.1, 0.15) is 10.4 Å². The van der Waals surface area contributed by atoms with Crippen LogP contribution in [0.3, 0.4) is 0 Å². The molecular weight excluding hydrogens is 239 g/mol. The Morgan fingerprint density at radius 2 is 2.00 bits per heavy atom. The number of hydrazine groups is 1. The van der Waals surface area contributed by atoms with Crippen LogP contribution in [0.15, 0.2) is 18.2 Å². The van der Waals surface area contributed by atoms with Crippen LogP contribution in [0, 0.1) is 0 Å². The lowest BCUT2D eigenvalue weighted by atomic mass is 10.2. The van der Waals surface area contributed by atoms with Gasteiger partial charge in [0.05, 0.1) is 10.6 Å². The van der Waals surface area contributed by atoms with Gasteiger partial charge in [-0.25, -0.2) is 5.43 Å². The lowest BCUT2D eigenvalue weighted by Gasteiger charge is -2.02. The maximum atomic E-state index is 11.5. The van der Waals surface area contributed by atoms with Crippen LogP contribution in [-0.4, -0.2) is 11.9 Å². The number of carbonyl (C=O) groups excluding carboxylic acids is 1. The predicted molar refractivity (Wildman–Crippen MR) is 58.3 cm³/mol. The van der Waals surface area contributed by atoms with E-state index in [1.54, 1.807) is 6.07 Å². The predicted octanol–water partition coefficient (Wildman–Crippen LogP) is -1.01. The molecule has 1 aromatic carbocycles. The number of rotatable bonds is 2. The first-order valence-electron chi connectivity index (χ1n) is 3.90. The summed E-state index contributed by atoms with van der Waals surface area (Å²) in [6.07, 6.45) is 0. The maximum Gasteiger partial charge on any atom is 0.360 e. The van der Waals surface area contributed by atoms with Gasteiger partial charge in [0.2, 0.25) is 0 Å². The van der Waals surface area contributed by atoms with E-state index in [2.05, 4.69) is 10.5 Å². The van der Waals surface area contributed by atoms with Gasteiger partial charge in [-0.3, -0.25) is 16.3 Å². The number of amides is 1. The van der Waals surface area contributed by atoms with Crippen LogP contribution in [0.4, 0.5) is 0 Å². The quantitative estimate of drug-likeness (QED) is 0.307. The van der Waals surface area contributed by atoms with Crippen LogP contribution >= 0.6 is 23.2 Å². The van der Waals surface area contributed by atoms with Crippen LogP contribution in [-0.2, 0) is 0 Å². The molecule has 0 aliphatic carbocycles. The van der Waals surface area contributed by atoms with Crippen LogP contribution in [0.5, 0.6) is 0 Å². The minimum absolute atomic E-state index is 0.117. The molecule has 0 spiro atoms. The second kappa shape index (κ2) is 4.86. The van der Waals surface area contributed by atoms with Crippen LogP contribution in [0.2, 0.25) is 10.0 Å². The number of benzene rings is 1. The van der Waals surface area contributed by atoms with E-state index in [0.29, 0.717) is 5.02 Å². The molecule has 15 heavy (non-hydrogen) atoms. The van der Waals surface area contributed by atoms with Crippen molar-refractivity contribution in [1.82, 2.24) is 5.43 Å². The van der Waals surface area contributed by atoms with E-state index >= 15 is 0 Å². The fourth-order valence-corrected chi connectivity index (χ4v) is 1.36. The molecule has 80 valence electrons. The van der Waals surface area contributed by atoms with Crippen molar-refractivity contribution in [3.63, 3.8) is 0 Å². The zero-order valence-corrected chi connectivity index (χ0v) is 9.06. The van der Waals surface area contributed by atoms with E-state index < -0.39 is 5.91 Å². The molecule has 0 aliphatic rings. The molecule has 0 atom stereocenters. The lowest BCUT2D eigenvalue weighted by Crippen LogP contribution is -2.88. The highest BCUT2D eigenvalue weighted by molar-refractivity contribution is 6.36. The molecule has 5 nitrogen and oxygen atoms in total. The minimum Gasteiger partial charge on any atom is -0.289 e. The molecule has 1 amide bonds. The molecule has 0 fully saturated rings. The van der Waals surface area contributed by atoms with Crippen molar-refractivity contribution in [3.05, 3.63) is 33.8 Å². The van der Waals surface area contributed by atoms with Crippen LogP contribution < -0.4 is 22.0 Å². The summed E-state index contributed by atoms with van der Waals surface area (Å²) in [4.78, 5) is 11.5. The van der Waals surface area contributed by atoms with E-state index in [0.717, 1.165) is 0 Å². The van der Waals surface area contributed by atoms with Gasteiger partial charge in [-0.1, -0.05) is 23.2 Å². The van der Waals surface area contributed by atoms with Gasteiger partial charge < -0.3 is 0 Å². The number of nitrogens with one attached hydrogen (secondary N) is 2. The van der Waals surface area contributed by atoms with Gasteiger partial charge >= 0.3 is 5.96 Å². The molecule has 1 aromatic rings. The SMILES string of the molecule is NC(N)=[NH+]NC(=O)c1ccc(Cl)cc1Cl. The van der Waals surface area contributed by atoms with Gasteiger partial charge in [0.15, 0.2) is 0 Å². The van der Waals surface area contributed by atoms with Crippen molar-refractivity contribution in [1.29, 1.82) is 0 Å². The largest absolute Gasteiger partial charge is 0.360 e. The Kier molecular flexibility index (Phi) is 3.76. The van der Waals surface area contributed by atoms with Gasteiger partial charge in [-0.05, 0) is 18.2 Å². The number of hydrazone groups is 1. The third-order valence-electron chi connectivity index (χ3n) is 1.50. The summed E-state index contributed by atoms with van der Waals surface area (Å²) in [7, 11) is 0. The highest BCUT2D eigenvalue weighted by Crippen LogP contribution is 2.20. The van der Waals surface area contributed by atoms with Crippen molar-refractivity contribution >= 4 is 35.1 Å². The zero-order chi connectivity index (χ0) is 11.4. The third-order valence-corrected chi connectivity index (χ3v) is 2.04. The fourth-order valence-electron chi connectivity index (χ4n) is 0.870. The first-order valence-corrected chi connectivity index (χ1v) is 4.65. The van der Waals surface area contributed by atoms with Gasteiger partial charge in [-0.15, -0.1) is 0 Å². The van der Waals surface area contributed by atoms with Gasteiger partial charge in [-0.2, -0.15) is 5.10 Å². The average Bonchev–Trinajstić information content (AvgIpc) is 2.14. The maximum absolute atomic E-state index is 11.5. The van der Waals surface area contributed by atoms with E-state index in [-0.39, 0.29) is 16.5 Å². The Bertz CT molecular complexity index is 415. The average molecular weight is 248 g/mol. The highest BCUT2D eigenvalue weighted by atomic mass is 35.5. The summed E-state index contributed by atoms with van der Waals surface area (Å²) in [5.74, 6) is -0.571. The fraction of sp³-hybridized carbons (Fsp3) is 0. The molecular formula is C8H9Cl2N4O+. The topological polar surface area (TPSA) is 95.1 Å². The number of guanidine groups is 1. The molecule has 0 aliphatic heterocycles. The summed E-state index contributed by atoms with van der Waals surface area (Å²) >= 11 is 11.5. The molecule has 0 bridgehead atoms. The molecule has 6 N–H and O–H groups in total. The van der Waals surface area contributed by atoms with Gasteiger partial charge in [0, 0.05) is 5.02 Å². The molecule has 0 unspecified atom stereocenters. The summed E-state index contributed by atoms with van der Waals surface area (Å²) in [6, 6.07) is 4.51. The summed E-state index contributed by atoms with van der Waals surface area (Å²) < 4.78 is 0. The standard InChI is InChI=1S/C8H8Cl2N4O/c9-4-1-2-5(6(10)3-4)7(15)13-14-8(11)12/h1-3H,(H,13,15)(H4,11,12,14)/p+1. The van der Waals surface area contributed by atoms with Crippen molar-refractivity contribution < 1.29 is 9.90 Å². The Balaban J connectivity index is 2.87. The molecule has 0 radical (unpaired) electrons. The number of carbonyl (C=O) groups is 1. The van der Waals surface area contributed by atoms with Crippen LogP contribution in [0.25, 0.3) is 0 Å². The van der Waals surface area contributed by atoms with Crippen molar-refractivity contribution in [2.75, 3.05) is 0 Å². The summed E-state index contributed by atoms with van der Waals surface area (Å²) in [5.41, 5.74) is 12.7. The van der Waals surface area contributed by atoms with E-state index in [1.807, 2.05) is 0 Å². The smallest absolute Gasteiger partial charge is 0.289 e. The van der Waals surface area contributed by atoms with Crippen molar-refractivity contribution in [2.45, 2.75) is 0 Å². The molecule has 0 saturated carbocycles.